The first kappa shape index (κ1) is 39.7. The molecule has 2 amide bonds. The van der Waals surface area contributed by atoms with Crippen molar-refractivity contribution in [1.29, 1.82) is 0 Å². The first-order valence-electron chi connectivity index (χ1n) is 15.5. The van der Waals surface area contributed by atoms with E-state index in [1.807, 2.05) is 91.0 Å². The molecule has 0 spiro atoms. The summed E-state index contributed by atoms with van der Waals surface area (Å²) in [7, 11) is -5.04. The molecule has 1 aliphatic heterocycles. The maximum Gasteiger partial charge on any atom is 1.00 e. The number of amides is 2. The van der Waals surface area contributed by atoms with Gasteiger partial charge in [-0.15, -0.1) is 11.3 Å². The molecule has 0 bridgehead atoms. The Hall–Kier alpha value is -4.12. The minimum atomic E-state index is -5.04. The summed E-state index contributed by atoms with van der Waals surface area (Å²) in [4.78, 5) is 49.2. The molecule has 0 radical (unpaired) electrons. The van der Waals surface area contributed by atoms with Crippen molar-refractivity contribution < 1.29 is 66.5 Å². The van der Waals surface area contributed by atoms with Gasteiger partial charge in [0.2, 0.25) is 5.60 Å². The minimum absolute atomic E-state index is 0. The largest absolute Gasteiger partial charge is 1.00 e. The number of hydrogen-bond acceptors (Lipinski definition) is 12. The molecule has 1 saturated heterocycles. The molecule has 1 atom stereocenters. The fourth-order valence-electron chi connectivity index (χ4n) is 5.11. The van der Waals surface area contributed by atoms with Crippen LogP contribution in [-0.2, 0) is 39.8 Å². The van der Waals surface area contributed by atoms with Gasteiger partial charge < -0.3 is 24.8 Å². The Morgan fingerprint density at radius 2 is 1.39 bits per heavy atom. The van der Waals surface area contributed by atoms with Gasteiger partial charge in [-0.3, -0.25) is 9.59 Å². The molecule has 16 heteroatoms. The van der Waals surface area contributed by atoms with Crippen LogP contribution in [0.1, 0.15) is 57.0 Å². The maximum atomic E-state index is 13.6. The average molecular weight is 742 g/mol. The number of aromatic nitrogens is 1. The van der Waals surface area contributed by atoms with Gasteiger partial charge in [-0.05, 0) is 51.3 Å². The smallest absolute Gasteiger partial charge is 0.731 e. The fourth-order valence-corrected chi connectivity index (χ4v) is 6.54. The molecule has 3 aromatic carbocycles. The normalized spacial score (nSPS) is 15.3. The van der Waals surface area contributed by atoms with Crippen molar-refractivity contribution in [1.82, 2.24) is 14.6 Å². The van der Waals surface area contributed by atoms with E-state index in [2.05, 4.69) is 15.8 Å². The van der Waals surface area contributed by atoms with Gasteiger partial charge in [0.25, 0.3) is 11.8 Å². The number of thiazole rings is 1. The van der Waals surface area contributed by atoms with E-state index >= 15 is 0 Å². The number of nitrogens with zero attached hydrogens (tertiary/aromatic N) is 3. The molecule has 262 valence electrons. The molecule has 0 saturated carbocycles. The summed E-state index contributed by atoms with van der Waals surface area (Å²) < 4.78 is 39.6. The van der Waals surface area contributed by atoms with Gasteiger partial charge in [-0.1, -0.05) is 96.2 Å². The third-order valence-electron chi connectivity index (χ3n) is 7.60. The monoisotopic (exact) mass is 741 g/mol. The predicted molar refractivity (Wildman–Crippen MR) is 186 cm³/mol. The Morgan fingerprint density at radius 1 is 0.902 bits per heavy atom. The molecular formula is C35H36N5NaO8S2. The Labute approximate surface area is 322 Å². The van der Waals surface area contributed by atoms with Crippen LogP contribution in [0, 0.1) is 0 Å². The number of β-lactam (4-membered cyclic amide) rings is 1. The molecule has 0 aliphatic carbocycles. The number of benzene rings is 3. The zero-order valence-electron chi connectivity index (χ0n) is 28.9. The van der Waals surface area contributed by atoms with Crippen LogP contribution in [0.3, 0.4) is 0 Å². The number of hydrogen-bond donors (Lipinski definition) is 2. The topological polar surface area (TPSA) is 179 Å². The maximum absolute atomic E-state index is 13.6. The Balaban J connectivity index is 0.00000583. The van der Waals surface area contributed by atoms with E-state index < -0.39 is 63.1 Å². The van der Waals surface area contributed by atoms with E-state index in [9.17, 15) is 27.4 Å². The molecule has 1 unspecified atom stereocenters. The van der Waals surface area contributed by atoms with E-state index in [0.29, 0.717) is 5.13 Å². The Bertz CT molecular complexity index is 1900. The molecule has 13 nitrogen and oxygen atoms in total. The number of nitrogens with one attached hydrogen (secondary N) is 2. The van der Waals surface area contributed by atoms with Crippen LogP contribution < -0.4 is 40.2 Å². The van der Waals surface area contributed by atoms with Crippen LogP contribution in [0.25, 0.3) is 0 Å². The van der Waals surface area contributed by atoms with Crippen LogP contribution in [0.15, 0.2) is 102 Å². The first-order valence-corrected chi connectivity index (χ1v) is 17.7. The van der Waals surface area contributed by atoms with E-state index in [-0.39, 0.29) is 39.6 Å². The second kappa shape index (κ2) is 15.6. The molecule has 5 rings (SSSR count). The molecule has 1 aliphatic rings. The van der Waals surface area contributed by atoms with Crippen molar-refractivity contribution in [2.75, 3.05) is 11.9 Å². The van der Waals surface area contributed by atoms with Gasteiger partial charge in [-0.2, -0.15) is 0 Å². The predicted octanol–water partition coefficient (Wildman–Crippen LogP) is 1.18. The number of carbonyl (C=O) groups is 3. The van der Waals surface area contributed by atoms with Crippen molar-refractivity contribution in [2.45, 2.75) is 57.4 Å². The SMILES string of the molecule is CC(C)(C)OC(=O)C(C)(C)ON=C(C(=O)NC1CN(S(=O)(=O)[O-])C1=O)c1csc(NC(c2ccccc2)(c2ccccc2)c2ccccc2)n1.[Na+]. The van der Waals surface area contributed by atoms with Crippen LogP contribution in [0.2, 0.25) is 0 Å². The number of oxime groups is 1. The Kier molecular flexibility index (Phi) is 12.2. The van der Waals surface area contributed by atoms with Crippen molar-refractivity contribution in [2.24, 2.45) is 5.16 Å². The second-order valence-electron chi connectivity index (χ2n) is 12.9. The van der Waals surface area contributed by atoms with Crippen molar-refractivity contribution in [3.8, 4) is 0 Å². The minimum Gasteiger partial charge on any atom is -0.731 e. The van der Waals surface area contributed by atoms with E-state index in [4.69, 9.17) is 14.6 Å². The van der Waals surface area contributed by atoms with Gasteiger partial charge in [-0.25, -0.2) is 22.5 Å². The number of anilines is 1. The number of rotatable bonds is 12. The molecule has 1 aromatic heterocycles. The van der Waals surface area contributed by atoms with Crippen molar-refractivity contribution in [3.05, 3.63) is 119 Å². The van der Waals surface area contributed by atoms with Crippen LogP contribution in [-0.4, -0.2) is 69.5 Å². The van der Waals surface area contributed by atoms with Crippen LogP contribution >= 0.6 is 11.3 Å². The van der Waals surface area contributed by atoms with Gasteiger partial charge in [0.1, 0.15) is 22.9 Å². The van der Waals surface area contributed by atoms with Crippen LogP contribution in [0.4, 0.5) is 5.13 Å². The summed E-state index contributed by atoms with van der Waals surface area (Å²) in [6.45, 7) is 7.34. The third-order valence-corrected chi connectivity index (χ3v) is 9.23. The molecular weight excluding hydrogens is 706 g/mol. The summed E-state index contributed by atoms with van der Waals surface area (Å²) in [6.07, 6.45) is 0. The summed E-state index contributed by atoms with van der Waals surface area (Å²) >= 11 is 1.17. The van der Waals surface area contributed by atoms with Gasteiger partial charge in [0.05, 0.1) is 6.54 Å². The zero-order chi connectivity index (χ0) is 36.3. The fraction of sp³-hybridized carbons (Fsp3) is 0.286. The second-order valence-corrected chi connectivity index (χ2v) is 15.1. The van der Waals surface area contributed by atoms with E-state index in [1.54, 1.807) is 26.2 Å². The molecule has 2 heterocycles. The summed E-state index contributed by atoms with van der Waals surface area (Å²) in [6, 6.07) is 28.0. The summed E-state index contributed by atoms with van der Waals surface area (Å²) in [5.41, 5.74) is -1.10. The zero-order valence-corrected chi connectivity index (χ0v) is 32.6. The molecule has 51 heavy (non-hydrogen) atoms. The van der Waals surface area contributed by atoms with E-state index in [0.717, 1.165) is 16.7 Å². The van der Waals surface area contributed by atoms with Crippen LogP contribution in [0.5, 0.6) is 0 Å². The Morgan fingerprint density at radius 3 is 1.82 bits per heavy atom. The van der Waals surface area contributed by atoms with Crippen molar-refractivity contribution in [3.63, 3.8) is 0 Å². The third kappa shape index (κ3) is 9.04. The number of carbonyl (C=O) groups excluding carboxylic acids is 3. The first-order chi connectivity index (χ1) is 23.5. The average Bonchev–Trinajstić information content (AvgIpc) is 3.53. The van der Waals surface area contributed by atoms with Gasteiger partial charge in [0, 0.05) is 5.38 Å². The van der Waals surface area contributed by atoms with Gasteiger partial charge in [0.15, 0.2) is 21.1 Å². The van der Waals surface area contributed by atoms with Crippen molar-refractivity contribution >= 4 is 50.3 Å². The van der Waals surface area contributed by atoms with E-state index in [1.165, 1.54) is 25.2 Å². The molecule has 4 aromatic rings. The quantitative estimate of drug-likeness (QED) is 0.0408. The number of ether oxygens (including phenoxy) is 1. The van der Waals surface area contributed by atoms with Gasteiger partial charge >= 0.3 is 35.5 Å². The molecule has 1 fully saturated rings. The number of esters is 1. The standard InChI is InChI=1S/C35H37N5O8S2.Na/c1-33(2,3)47-31(43)34(4,5)48-39-28(29(41)36-26-21-40(30(26)42)50(44,45)46)27-22-49-32(37-27)38-35(23-15-9-6-10-16-23,24-17-11-7-12-18-24)25-19-13-8-14-20-25;/h6-20,22,26H,21H2,1-5H3,(H,36,41)(H,37,38)(H,44,45,46);/q;+1/p-1. The summed E-state index contributed by atoms with van der Waals surface area (Å²) in [5, 5.41) is 11.9. The summed E-state index contributed by atoms with van der Waals surface area (Å²) in [5.74, 6) is -2.80. The molecule has 2 N–H and O–H groups in total.